The van der Waals surface area contributed by atoms with Crippen molar-refractivity contribution in [3.8, 4) is 0 Å². The fourth-order valence-corrected chi connectivity index (χ4v) is 2.37. The van der Waals surface area contributed by atoms with Crippen molar-refractivity contribution in [2.45, 2.75) is 32.9 Å². The number of nitrogens with zero attached hydrogens (tertiary/aromatic N) is 4. The molecule has 0 radical (unpaired) electrons. The second kappa shape index (κ2) is 5.17. The first kappa shape index (κ1) is 13.6. The van der Waals surface area contributed by atoms with Crippen LogP contribution in [0.4, 0.5) is 5.69 Å². The first-order valence-corrected chi connectivity index (χ1v) is 6.77. The van der Waals surface area contributed by atoms with Crippen LogP contribution >= 0.6 is 0 Å². The van der Waals surface area contributed by atoms with E-state index in [1.165, 1.54) is 0 Å². The molecule has 2 aromatic heterocycles. The van der Waals surface area contributed by atoms with E-state index in [2.05, 4.69) is 15.1 Å². The van der Waals surface area contributed by atoms with Gasteiger partial charge in [-0.15, -0.1) is 0 Å². The van der Waals surface area contributed by atoms with E-state index < -0.39 is 6.10 Å². The van der Waals surface area contributed by atoms with Crippen molar-refractivity contribution in [3.63, 3.8) is 0 Å². The molecule has 7 heteroatoms. The normalized spacial score (nSPS) is 12.9. The summed E-state index contributed by atoms with van der Waals surface area (Å²) in [6.07, 6.45) is -0.0574. The number of benzene rings is 1. The zero-order chi connectivity index (χ0) is 15.0. The van der Waals surface area contributed by atoms with E-state index in [0.29, 0.717) is 36.2 Å². The van der Waals surface area contributed by atoms with Gasteiger partial charge in [0.1, 0.15) is 11.9 Å². The molecule has 2 heterocycles. The maximum absolute atomic E-state index is 9.91. The Morgan fingerprint density at radius 1 is 1.38 bits per heavy atom. The predicted molar refractivity (Wildman–Crippen MR) is 77.5 cm³/mol. The van der Waals surface area contributed by atoms with Crippen molar-refractivity contribution in [3.05, 3.63) is 35.7 Å². The average Bonchev–Trinajstić information content (AvgIpc) is 2.99. The molecule has 3 aromatic rings. The van der Waals surface area contributed by atoms with Crippen LogP contribution in [0.1, 0.15) is 30.6 Å². The minimum Gasteiger partial charge on any atom is -0.399 e. The SMILES string of the molecule is Cc1nc(CCn2c(C(C)O)nc3cc(N)ccc32)no1. The fourth-order valence-electron chi connectivity index (χ4n) is 2.37. The van der Waals surface area contributed by atoms with Crippen molar-refractivity contribution in [1.82, 2.24) is 19.7 Å². The van der Waals surface area contributed by atoms with E-state index in [0.717, 1.165) is 11.0 Å². The molecule has 0 fully saturated rings. The summed E-state index contributed by atoms with van der Waals surface area (Å²) < 4.78 is 6.93. The summed E-state index contributed by atoms with van der Waals surface area (Å²) in [5, 5.41) is 13.8. The van der Waals surface area contributed by atoms with E-state index in [4.69, 9.17) is 10.3 Å². The third kappa shape index (κ3) is 2.59. The number of aromatic nitrogens is 4. The van der Waals surface area contributed by atoms with Crippen LogP contribution in [0.5, 0.6) is 0 Å². The molecule has 1 atom stereocenters. The van der Waals surface area contributed by atoms with Gasteiger partial charge in [0.25, 0.3) is 0 Å². The van der Waals surface area contributed by atoms with Crippen LogP contribution in [-0.2, 0) is 13.0 Å². The van der Waals surface area contributed by atoms with Gasteiger partial charge in [-0.2, -0.15) is 4.98 Å². The summed E-state index contributed by atoms with van der Waals surface area (Å²) in [6, 6.07) is 5.53. The summed E-state index contributed by atoms with van der Waals surface area (Å²) in [7, 11) is 0. The molecule has 0 aliphatic rings. The summed E-state index contributed by atoms with van der Waals surface area (Å²) in [4.78, 5) is 8.64. The van der Waals surface area contributed by atoms with E-state index in [1.54, 1.807) is 19.9 Å². The third-order valence-corrected chi connectivity index (χ3v) is 3.30. The molecule has 3 rings (SSSR count). The molecule has 1 unspecified atom stereocenters. The highest BCUT2D eigenvalue weighted by molar-refractivity contribution is 5.79. The Morgan fingerprint density at radius 3 is 2.86 bits per heavy atom. The number of hydrogen-bond donors (Lipinski definition) is 2. The molecule has 21 heavy (non-hydrogen) atoms. The molecule has 0 spiro atoms. The number of rotatable bonds is 4. The van der Waals surface area contributed by atoms with Gasteiger partial charge in [0.15, 0.2) is 5.82 Å². The zero-order valence-electron chi connectivity index (χ0n) is 11.9. The highest BCUT2D eigenvalue weighted by atomic mass is 16.5. The molecule has 0 aliphatic heterocycles. The molecule has 1 aromatic carbocycles. The quantitative estimate of drug-likeness (QED) is 0.706. The van der Waals surface area contributed by atoms with Gasteiger partial charge in [0.2, 0.25) is 5.89 Å². The molecule has 3 N–H and O–H groups in total. The molecule has 0 amide bonds. The van der Waals surface area contributed by atoms with E-state index in [1.807, 2.05) is 16.7 Å². The number of nitrogen functional groups attached to an aromatic ring is 1. The second-order valence-electron chi connectivity index (χ2n) is 5.03. The highest BCUT2D eigenvalue weighted by Gasteiger charge is 2.15. The van der Waals surface area contributed by atoms with Crippen molar-refractivity contribution in [1.29, 1.82) is 0 Å². The Morgan fingerprint density at radius 2 is 2.19 bits per heavy atom. The monoisotopic (exact) mass is 287 g/mol. The van der Waals surface area contributed by atoms with Crippen molar-refractivity contribution in [2.24, 2.45) is 0 Å². The highest BCUT2D eigenvalue weighted by Crippen LogP contribution is 2.23. The van der Waals surface area contributed by atoms with Crippen molar-refractivity contribution >= 4 is 16.7 Å². The van der Waals surface area contributed by atoms with E-state index in [9.17, 15) is 5.11 Å². The average molecular weight is 287 g/mol. The van der Waals surface area contributed by atoms with Gasteiger partial charge >= 0.3 is 0 Å². The lowest BCUT2D eigenvalue weighted by Gasteiger charge is -2.09. The number of aliphatic hydroxyl groups is 1. The van der Waals surface area contributed by atoms with E-state index >= 15 is 0 Å². The van der Waals surface area contributed by atoms with Crippen LogP contribution in [0, 0.1) is 6.92 Å². The summed E-state index contributed by atoms with van der Waals surface area (Å²) in [5.41, 5.74) is 8.14. The number of nitrogens with two attached hydrogens (primary N) is 1. The van der Waals surface area contributed by atoms with Crippen molar-refractivity contribution < 1.29 is 9.63 Å². The van der Waals surface area contributed by atoms with Crippen molar-refractivity contribution in [2.75, 3.05) is 5.73 Å². The van der Waals surface area contributed by atoms with Crippen LogP contribution in [0.15, 0.2) is 22.7 Å². The number of hydrogen-bond acceptors (Lipinski definition) is 6. The largest absolute Gasteiger partial charge is 0.399 e. The molecule has 7 nitrogen and oxygen atoms in total. The van der Waals surface area contributed by atoms with Crippen LogP contribution in [-0.4, -0.2) is 24.8 Å². The standard InChI is InChI=1S/C14H17N5O2/c1-8(20)14-17-11-7-10(15)3-4-12(11)19(14)6-5-13-16-9(2)21-18-13/h3-4,7-8,20H,5-6,15H2,1-2H3. The number of fused-ring (bicyclic) bond motifs is 1. The Labute approximate surface area is 121 Å². The van der Waals surface area contributed by atoms with Crippen LogP contribution < -0.4 is 5.73 Å². The molecule has 0 bridgehead atoms. The maximum atomic E-state index is 9.91. The molecular formula is C14H17N5O2. The Hall–Kier alpha value is -2.41. The van der Waals surface area contributed by atoms with Gasteiger partial charge in [-0.25, -0.2) is 4.98 Å². The molecular weight excluding hydrogens is 270 g/mol. The van der Waals surface area contributed by atoms with Gasteiger partial charge in [0, 0.05) is 25.6 Å². The van der Waals surface area contributed by atoms with Crippen LogP contribution in [0.25, 0.3) is 11.0 Å². The number of imidazole rings is 1. The van der Waals surface area contributed by atoms with Gasteiger partial charge < -0.3 is 19.9 Å². The lowest BCUT2D eigenvalue weighted by atomic mass is 10.2. The summed E-state index contributed by atoms with van der Waals surface area (Å²) in [6.45, 7) is 4.06. The van der Waals surface area contributed by atoms with E-state index in [-0.39, 0.29) is 0 Å². The topological polar surface area (TPSA) is 103 Å². The Balaban J connectivity index is 1.97. The van der Waals surface area contributed by atoms with Crippen LogP contribution in [0.2, 0.25) is 0 Å². The molecule has 0 saturated heterocycles. The fraction of sp³-hybridized carbons (Fsp3) is 0.357. The lowest BCUT2D eigenvalue weighted by Crippen LogP contribution is -2.09. The lowest BCUT2D eigenvalue weighted by molar-refractivity contribution is 0.184. The first-order valence-electron chi connectivity index (χ1n) is 6.77. The van der Waals surface area contributed by atoms with Gasteiger partial charge in [-0.1, -0.05) is 5.16 Å². The van der Waals surface area contributed by atoms with Gasteiger partial charge in [-0.05, 0) is 25.1 Å². The predicted octanol–water partition coefficient (Wildman–Crippen LogP) is 1.61. The second-order valence-corrected chi connectivity index (χ2v) is 5.03. The number of aliphatic hydroxyl groups excluding tert-OH is 1. The summed E-state index contributed by atoms with van der Waals surface area (Å²) >= 11 is 0. The zero-order valence-corrected chi connectivity index (χ0v) is 11.9. The number of anilines is 1. The summed E-state index contributed by atoms with van der Waals surface area (Å²) in [5.74, 6) is 1.79. The maximum Gasteiger partial charge on any atom is 0.223 e. The minimum atomic E-state index is -0.661. The van der Waals surface area contributed by atoms with Gasteiger partial charge in [0.05, 0.1) is 11.0 Å². The Bertz CT molecular complexity index is 775. The van der Waals surface area contributed by atoms with Crippen LogP contribution in [0.3, 0.4) is 0 Å². The smallest absolute Gasteiger partial charge is 0.223 e. The number of aryl methyl sites for hydroxylation is 3. The third-order valence-electron chi connectivity index (χ3n) is 3.30. The van der Waals surface area contributed by atoms with Gasteiger partial charge in [-0.3, -0.25) is 0 Å². The molecule has 0 aliphatic carbocycles. The first-order chi connectivity index (χ1) is 10.0. The minimum absolute atomic E-state index is 0.545. The Kier molecular flexibility index (Phi) is 3.34. The molecule has 110 valence electrons. The molecule has 0 saturated carbocycles.